The predicted octanol–water partition coefficient (Wildman–Crippen LogP) is 2.27. The molecular formula is C18H24N2O3. The van der Waals surface area contributed by atoms with Crippen LogP contribution in [0, 0.1) is 6.92 Å². The van der Waals surface area contributed by atoms with E-state index in [2.05, 4.69) is 0 Å². The average molecular weight is 316 g/mol. The van der Waals surface area contributed by atoms with Crippen LogP contribution in [0.2, 0.25) is 0 Å². The zero-order chi connectivity index (χ0) is 16.8. The van der Waals surface area contributed by atoms with Gasteiger partial charge in [-0.1, -0.05) is 24.5 Å². The molecule has 0 aliphatic heterocycles. The highest BCUT2D eigenvalue weighted by Gasteiger charge is 2.26. The van der Waals surface area contributed by atoms with E-state index in [1.165, 1.54) is 6.08 Å². The largest absolute Gasteiger partial charge is 0.496 e. The fourth-order valence-corrected chi connectivity index (χ4v) is 3.01. The summed E-state index contributed by atoms with van der Waals surface area (Å²) in [6.07, 6.45) is 7.27. The number of nitrogens with two attached hydrogens (primary N) is 1. The Hall–Kier alpha value is -2.30. The van der Waals surface area contributed by atoms with Crippen molar-refractivity contribution in [3.63, 3.8) is 0 Å². The number of hydrogen-bond donors (Lipinski definition) is 1. The van der Waals surface area contributed by atoms with Crippen LogP contribution in [0.25, 0.3) is 6.08 Å². The molecular weight excluding hydrogens is 292 g/mol. The van der Waals surface area contributed by atoms with Crippen LogP contribution in [-0.4, -0.2) is 36.4 Å². The van der Waals surface area contributed by atoms with E-state index in [0.29, 0.717) is 5.75 Å². The van der Waals surface area contributed by atoms with Gasteiger partial charge < -0.3 is 15.4 Å². The Kier molecular flexibility index (Phi) is 5.79. The lowest BCUT2D eigenvalue weighted by atomic mass is 10.1. The van der Waals surface area contributed by atoms with Gasteiger partial charge in [0.1, 0.15) is 5.75 Å². The van der Waals surface area contributed by atoms with Crippen molar-refractivity contribution < 1.29 is 14.3 Å². The molecule has 0 bridgehead atoms. The van der Waals surface area contributed by atoms with Gasteiger partial charge in [-0.2, -0.15) is 0 Å². The smallest absolute Gasteiger partial charge is 0.247 e. The molecule has 5 heteroatoms. The first kappa shape index (κ1) is 17.1. The van der Waals surface area contributed by atoms with E-state index in [1.807, 2.05) is 25.1 Å². The van der Waals surface area contributed by atoms with Crippen LogP contribution in [0.15, 0.2) is 24.3 Å². The number of carbonyl (C=O) groups is 2. The van der Waals surface area contributed by atoms with Gasteiger partial charge in [0.25, 0.3) is 0 Å². The monoisotopic (exact) mass is 316 g/mol. The molecule has 1 aromatic rings. The number of hydrogen-bond acceptors (Lipinski definition) is 3. The quantitative estimate of drug-likeness (QED) is 0.818. The summed E-state index contributed by atoms with van der Waals surface area (Å²) in [4.78, 5) is 25.4. The second-order valence-corrected chi connectivity index (χ2v) is 5.95. The Morgan fingerprint density at radius 2 is 2.04 bits per heavy atom. The van der Waals surface area contributed by atoms with E-state index in [-0.39, 0.29) is 18.5 Å². The molecule has 1 aliphatic carbocycles. The van der Waals surface area contributed by atoms with E-state index < -0.39 is 5.91 Å². The van der Waals surface area contributed by atoms with Crippen LogP contribution in [0.1, 0.15) is 36.8 Å². The molecule has 0 aromatic heterocycles. The van der Waals surface area contributed by atoms with Gasteiger partial charge in [-0.15, -0.1) is 0 Å². The van der Waals surface area contributed by atoms with Crippen molar-refractivity contribution in [2.24, 2.45) is 5.73 Å². The molecule has 1 aromatic carbocycles. The summed E-state index contributed by atoms with van der Waals surface area (Å²) in [6, 6.07) is 5.89. The molecule has 0 saturated heterocycles. The third-order valence-corrected chi connectivity index (χ3v) is 4.17. The molecule has 1 fully saturated rings. The zero-order valence-electron chi connectivity index (χ0n) is 13.7. The molecule has 2 N–H and O–H groups in total. The summed E-state index contributed by atoms with van der Waals surface area (Å²) < 4.78 is 5.31. The van der Waals surface area contributed by atoms with Gasteiger partial charge >= 0.3 is 0 Å². The van der Waals surface area contributed by atoms with Crippen LogP contribution < -0.4 is 10.5 Å². The van der Waals surface area contributed by atoms with Gasteiger partial charge in [0, 0.05) is 17.7 Å². The standard InChI is InChI=1S/C18H24N2O3/c1-13-7-9-16(23-2)14(11-13)8-10-18(22)20(12-17(19)21)15-5-3-4-6-15/h7-11,15H,3-6,12H2,1-2H3,(H2,19,21)/b10-8+. The lowest BCUT2D eigenvalue weighted by Crippen LogP contribution is -2.43. The normalized spacial score (nSPS) is 15.0. The second kappa shape index (κ2) is 7.81. The molecule has 1 aliphatic rings. The number of primary amides is 1. The minimum absolute atomic E-state index is 0.0290. The average Bonchev–Trinajstić information content (AvgIpc) is 3.04. The first-order chi connectivity index (χ1) is 11.0. The van der Waals surface area contributed by atoms with Crippen molar-refractivity contribution in [2.45, 2.75) is 38.6 Å². The summed E-state index contributed by atoms with van der Waals surface area (Å²) in [5.41, 5.74) is 7.22. The van der Waals surface area contributed by atoms with E-state index in [1.54, 1.807) is 18.1 Å². The van der Waals surface area contributed by atoms with Crippen molar-refractivity contribution in [1.82, 2.24) is 4.90 Å². The third kappa shape index (κ3) is 4.58. The molecule has 0 atom stereocenters. The highest BCUT2D eigenvalue weighted by molar-refractivity contribution is 5.94. The van der Waals surface area contributed by atoms with Gasteiger partial charge in [-0.05, 0) is 38.0 Å². The maximum Gasteiger partial charge on any atom is 0.247 e. The van der Waals surface area contributed by atoms with Crippen molar-refractivity contribution in [3.05, 3.63) is 35.4 Å². The molecule has 2 amide bonds. The predicted molar refractivity (Wildman–Crippen MR) is 89.9 cm³/mol. The van der Waals surface area contributed by atoms with Crippen LogP contribution in [0.3, 0.4) is 0 Å². The second-order valence-electron chi connectivity index (χ2n) is 5.95. The Balaban J connectivity index is 2.17. The van der Waals surface area contributed by atoms with Gasteiger partial charge in [-0.3, -0.25) is 9.59 Å². The minimum Gasteiger partial charge on any atom is -0.496 e. The molecule has 0 unspecified atom stereocenters. The number of carbonyl (C=O) groups excluding carboxylic acids is 2. The van der Waals surface area contributed by atoms with Crippen LogP contribution in [0.5, 0.6) is 5.75 Å². The Morgan fingerprint density at radius 3 is 2.65 bits per heavy atom. The lowest BCUT2D eigenvalue weighted by molar-refractivity contribution is -0.133. The lowest BCUT2D eigenvalue weighted by Gasteiger charge is -2.26. The third-order valence-electron chi connectivity index (χ3n) is 4.17. The topological polar surface area (TPSA) is 72.6 Å². The number of rotatable bonds is 6. The highest BCUT2D eigenvalue weighted by atomic mass is 16.5. The van der Waals surface area contributed by atoms with E-state index in [4.69, 9.17) is 10.5 Å². The van der Waals surface area contributed by atoms with Gasteiger partial charge in [0.15, 0.2) is 0 Å². The molecule has 124 valence electrons. The zero-order valence-corrected chi connectivity index (χ0v) is 13.7. The molecule has 0 heterocycles. The fourth-order valence-electron chi connectivity index (χ4n) is 3.01. The van der Waals surface area contributed by atoms with E-state index in [0.717, 1.165) is 36.8 Å². The van der Waals surface area contributed by atoms with Crippen molar-refractivity contribution in [3.8, 4) is 5.75 Å². The van der Waals surface area contributed by atoms with Gasteiger partial charge in [0.05, 0.1) is 13.7 Å². The Labute approximate surface area is 137 Å². The van der Waals surface area contributed by atoms with Crippen LogP contribution in [0.4, 0.5) is 0 Å². The van der Waals surface area contributed by atoms with Crippen LogP contribution in [-0.2, 0) is 9.59 Å². The first-order valence-corrected chi connectivity index (χ1v) is 7.93. The molecule has 2 rings (SSSR count). The summed E-state index contributed by atoms with van der Waals surface area (Å²) in [7, 11) is 1.60. The Morgan fingerprint density at radius 1 is 1.35 bits per heavy atom. The minimum atomic E-state index is -0.480. The fraction of sp³-hybridized carbons (Fsp3) is 0.444. The first-order valence-electron chi connectivity index (χ1n) is 7.93. The number of nitrogens with zero attached hydrogens (tertiary/aromatic N) is 1. The number of amides is 2. The van der Waals surface area contributed by atoms with Gasteiger partial charge in [0.2, 0.25) is 11.8 Å². The number of benzene rings is 1. The maximum atomic E-state index is 12.5. The van der Waals surface area contributed by atoms with E-state index in [9.17, 15) is 9.59 Å². The summed E-state index contributed by atoms with van der Waals surface area (Å²) in [5.74, 6) is 0.0491. The summed E-state index contributed by atoms with van der Waals surface area (Å²) in [5, 5.41) is 0. The van der Waals surface area contributed by atoms with Crippen molar-refractivity contribution in [1.29, 1.82) is 0 Å². The highest BCUT2D eigenvalue weighted by Crippen LogP contribution is 2.24. The van der Waals surface area contributed by atoms with Crippen molar-refractivity contribution in [2.75, 3.05) is 13.7 Å². The van der Waals surface area contributed by atoms with Crippen molar-refractivity contribution >= 4 is 17.9 Å². The summed E-state index contributed by atoms with van der Waals surface area (Å²) in [6.45, 7) is 1.95. The Bertz CT molecular complexity index is 604. The SMILES string of the molecule is COc1ccc(C)cc1/C=C/C(=O)N(CC(N)=O)C1CCCC1. The molecule has 0 radical (unpaired) electrons. The molecule has 1 saturated carbocycles. The number of aryl methyl sites for hydroxylation is 1. The number of methoxy groups -OCH3 is 1. The maximum absolute atomic E-state index is 12.5. The summed E-state index contributed by atoms with van der Waals surface area (Å²) >= 11 is 0. The number of ether oxygens (including phenoxy) is 1. The van der Waals surface area contributed by atoms with Crippen LogP contribution >= 0.6 is 0 Å². The van der Waals surface area contributed by atoms with E-state index >= 15 is 0 Å². The van der Waals surface area contributed by atoms with Gasteiger partial charge in [-0.25, -0.2) is 0 Å². The molecule has 23 heavy (non-hydrogen) atoms. The molecule has 5 nitrogen and oxygen atoms in total. The molecule has 0 spiro atoms.